The first kappa shape index (κ1) is 12.5. The Morgan fingerprint density at radius 1 is 1.40 bits per heavy atom. The van der Waals surface area contributed by atoms with Gasteiger partial charge in [-0.25, -0.2) is 0 Å². The lowest BCUT2D eigenvalue weighted by molar-refractivity contribution is 0.0140. The van der Waals surface area contributed by atoms with Crippen LogP contribution in [0.3, 0.4) is 0 Å². The summed E-state index contributed by atoms with van der Waals surface area (Å²) in [6.07, 6.45) is -1.14. The number of nitrogens with one attached hydrogen (secondary N) is 1. The first-order valence-corrected chi connectivity index (χ1v) is 5.29. The van der Waals surface area contributed by atoms with Crippen molar-refractivity contribution in [3.8, 4) is 0 Å². The van der Waals surface area contributed by atoms with Gasteiger partial charge in [0.1, 0.15) is 6.10 Å². The molecule has 1 aromatic carbocycles. The molecule has 15 heavy (non-hydrogen) atoms. The maximum atomic E-state index is 9.80. The Bertz CT molecular complexity index is 306. The van der Waals surface area contributed by atoms with Gasteiger partial charge in [0.2, 0.25) is 0 Å². The van der Waals surface area contributed by atoms with E-state index in [-0.39, 0.29) is 0 Å². The molecule has 0 saturated carbocycles. The summed E-state index contributed by atoms with van der Waals surface area (Å²) < 4.78 is 0. The van der Waals surface area contributed by atoms with Crippen molar-refractivity contribution < 1.29 is 10.2 Å². The van der Waals surface area contributed by atoms with Crippen LogP contribution in [0.1, 0.15) is 18.1 Å². The van der Waals surface area contributed by atoms with Crippen LogP contribution in [0, 0.1) is 0 Å². The number of halogens is 1. The Labute approximate surface area is 94.7 Å². The van der Waals surface area contributed by atoms with E-state index in [1.54, 1.807) is 31.3 Å². The van der Waals surface area contributed by atoms with E-state index in [2.05, 4.69) is 5.32 Å². The number of rotatable bonds is 5. The Morgan fingerprint density at radius 3 is 2.73 bits per heavy atom. The fraction of sp³-hybridized carbons (Fsp3) is 0.455. The van der Waals surface area contributed by atoms with Gasteiger partial charge in [-0.05, 0) is 37.7 Å². The zero-order valence-corrected chi connectivity index (χ0v) is 9.41. The van der Waals surface area contributed by atoms with Crippen LogP contribution in [-0.4, -0.2) is 29.9 Å². The lowest BCUT2D eigenvalue weighted by Gasteiger charge is -2.18. The first-order valence-electron chi connectivity index (χ1n) is 4.91. The standard InChI is InChI=1S/C11H16ClNO2/c1-13-6-5-10(14)11(15)8-3-2-4-9(12)7-8/h2-4,7,10-11,13-15H,5-6H2,1H3. The van der Waals surface area contributed by atoms with E-state index < -0.39 is 12.2 Å². The molecule has 2 unspecified atom stereocenters. The Kier molecular flexibility index (Phi) is 5.05. The highest BCUT2D eigenvalue weighted by Gasteiger charge is 2.17. The van der Waals surface area contributed by atoms with Gasteiger partial charge < -0.3 is 15.5 Å². The average Bonchev–Trinajstić information content (AvgIpc) is 2.24. The number of hydrogen-bond acceptors (Lipinski definition) is 3. The maximum Gasteiger partial charge on any atom is 0.105 e. The third-order valence-corrected chi connectivity index (χ3v) is 2.48. The molecule has 4 heteroatoms. The fourth-order valence-electron chi connectivity index (χ4n) is 1.36. The molecule has 0 aliphatic heterocycles. The van der Waals surface area contributed by atoms with E-state index in [1.807, 2.05) is 0 Å². The molecule has 0 heterocycles. The molecule has 0 amide bonds. The van der Waals surface area contributed by atoms with Crippen LogP contribution in [0.25, 0.3) is 0 Å². The molecule has 0 spiro atoms. The molecule has 2 atom stereocenters. The highest BCUT2D eigenvalue weighted by molar-refractivity contribution is 6.30. The molecule has 1 rings (SSSR count). The van der Waals surface area contributed by atoms with Gasteiger partial charge in [0.15, 0.2) is 0 Å². The molecule has 3 N–H and O–H groups in total. The van der Waals surface area contributed by atoms with E-state index in [1.165, 1.54) is 0 Å². The monoisotopic (exact) mass is 229 g/mol. The van der Waals surface area contributed by atoms with E-state index in [0.29, 0.717) is 23.6 Å². The summed E-state index contributed by atoms with van der Waals surface area (Å²) in [5, 5.41) is 22.9. The molecule has 0 saturated heterocycles. The Hall–Kier alpha value is -0.610. The molecule has 84 valence electrons. The number of aliphatic hydroxyl groups is 2. The van der Waals surface area contributed by atoms with Crippen molar-refractivity contribution in [1.82, 2.24) is 5.32 Å². The molecular formula is C11H16ClNO2. The molecular weight excluding hydrogens is 214 g/mol. The minimum Gasteiger partial charge on any atom is -0.390 e. The van der Waals surface area contributed by atoms with E-state index >= 15 is 0 Å². The summed E-state index contributed by atoms with van der Waals surface area (Å²) in [6, 6.07) is 6.90. The summed E-state index contributed by atoms with van der Waals surface area (Å²) in [5.74, 6) is 0. The maximum absolute atomic E-state index is 9.80. The van der Waals surface area contributed by atoms with Crippen LogP contribution in [0.5, 0.6) is 0 Å². The summed E-state index contributed by atoms with van der Waals surface area (Å²) in [7, 11) is 1.80. The van der Waals surface area contributed by atoms with Gasteiger partial charge in [-0.3, -0.25) is 0 Å². The molecule has 3 nitrogen and oxygen atoms in total. The highest BCUT2D eigenvalue weighted by Crippen LogP contribution is 2.21. The summed E-state index contributed by atoms with van der Waals surface area (Å²) in [6.45, 7) is 0.665. The second kappa shape index (κ2) is 6.08. The van der Waals surface area contributed by atoms with Crippen molar-refractivity contribution in [3.63, 3.8) is 0 Å². The van der Waals surface area contributed by atoms with Gasteiger partial charge in [0.25, 0.3) is 0 Å². The summed E-state index contributed by atoms with van der Waals surface area (Å²) in [5.41, 5.74) is 0.645. The predicted octanol–water partition coefficient (Wildman–Crippen LogP) is 1.34. The van der Waals surface area contributed by atoms with Gasteiger partial charge in [0, 0.05) is 5.02 Å². The SMILES string of the molecule is CNCCC(O)C(O)c1cccc(Cl)c1. The highest BCUT2D eigenvalue weighted by atomic mass is 35.5. The minimum atomic E-state index is -0.878. The van der Waals surface area contributed by atoms with E-state index in [9.17, 15) is 10.2 Å². The third-order valence-electron chi connectivity index (χ3n) is 2.24. The van der Waals surface area contributed by atoms with Crippen molar-refractivity contribution >= 4 is 11.6 Å². The van der Waals surface area contributed by atoms with Crippen molar-refractivity contribution in [2.45, 2.75) is 18.6 Å². The fourth-order valence-corrected chi connectivity index (χ4v) is 1.56. The van der Waals surface area contributed by atoms with Gasteiger partial charge in [-0.15, -0.1) is 0 Å². The molecule has 0 bridgehead atoms. The first-order chi connectivity index (χ1) is 7.15. The van der Waals surface area contributed by atoms with E-state index in [4.69, 9.17) is 11.6 Å². The lowest BCUT2D eigenvalue weighted by Crippen LogP contribution is -2.23. The number of benzene rings is 1. The van der Waals surface area contributed by atoms with Gasteiger partial charge >= 0.3 is 0 Å². The minimum absolute atomic E-state index is 0.504. The molecule has 0 aliphatic carbocycles. The topological polar surface area (TPSA) is 52.5 Å². The lowest BCUT2D eigenvalue weighted by atomic mass is 10.0. The number of aliphatic hydroxyl groups excluding tert-OH is 2. The van der Waals surface area contributed by atoms with Crippen LogP contribution >= 0.6 is 11.6 Å². The third kappa shape index (κ3) is 3.80. The van der Waals surface area contributed by atoms with Crippen molar-refractivity contribution in [2.24, 2.45) is 0 Å². The van der Waals surface area contributed by atoms with Gasteiger partial charge in [-0.2, -0.15) is 0 Å². The smallest absolute Gasteiger partial charge is 0.105 e. The zero-order valence-electron chi connectivity index (χ0n) is 8.65. The van der Waals surface area contributed by atoms with Crippen molar-refractivity contribution in [2.75, 3.05) is 13.6 Å². The normalized spacial score (nSPS) is 14.9. The Morgan fingerprint density at radius 2 is 2.13 bits per heavy atom. The van der Waals surface area contributed by atoms with Crippen molar-refractivity contribution in [3.05, 3.63) is 34.9 Å². The van der Waals surface area contributed by atoms with Crippen LogP contribution in [-0.2, 0) is 0 Å². The number of hydrogen-bond donors (Lipinski definition) is 3. The molecule has 0 fully saturated rings. The summed E-state index contributed by atoms with van der Waals surface area (Å²) >= 11 is 5.79. The molecule has 0 aromatic heterocycles. The van der Waals surface area contributed by atoms with Gasteiger partial charge in [0.05, 0.1) is 6.10 Å². The van der Waals surface area contributed by atoms with Gasteiger partial charge in [-0.1, -0.05) is 23.7 Å². The predicted molar refractivity (Wildman–Crippen MR) is 61.0 cm³/mol. The molecule has 1 aromatic rings. The second-order valence-corrected chi connectivity index (χ2v) is 3.90. The van der Waals surface area contributed by atoms with Crippen LogP contribution in [0.2, 0.25) is 5.02 Å². The van der Waals surface area contributed by atoms with Crippen LogP contribution < -0.4 is 5.32 Å². The quantitative estimate of drug-likeness (QED) is 0.715. The Balaban J connectivity index is 2.62. The van der Waals surface area contributed by atoms with Crippen molar-refractivity contribution in [1.29, 1.82) is 0 Å². The average molecular weight is 230 g/mol. The van der Waals surface area contributed by atoms with Crippen LogP contribution in [0.4, 0.5) is 0 Å². The molecule has 0 aliphatic rings. The zero-order chi connectivity index (χ0) is 11.3. The second-order valence-electron chi connectivity index (χ2n) is 3.46. The molecule has 0 radical (unpaired) electrons. The van der Waals surface area contributed by atoms with Crippen LogP contribution in [0.15, 0.2) is 24.3 Å². The largest absolute Gasteiger partial charge is 0.390 e. The van der Waals surface area contributed by atoms with E-state index in [0.717, 1.165) is 0 Å². The summed E-state index contributed by atoms with van der Waals surface area (Å²) in [4.78, 5) is 0.